The van der Waals surface area contributed by atoms with Crippen LogP contribution in [0.2, 0.25) is 0 Å². The van der Waals surface area contributed by atoms with Gasteiger partial charge in [-0.1, -0.05) is 35.5 Å². The second-order valence-electron chi connectivity index (χ2n) is 6.92. The third kappa shape index (κ3) is 4.38. The average molecular weight is 406 g/mol. The van der Waals surface area contributed by atoms with E-state index in [-0.39, 0.29) is 0 Å². The van der Waals surface area contributed by atoms with Gasteiger partial charge in [-0.3, -0.25) is 4.57 Å². The number of aromatic nitrogens is 3. The zero-order valence-corrected chi connectivity index (χ0v) is 17.6. The molecule has 148 valence electrons. The Labute approximate surface area is 174 Å². The van der Waals surface area contributed by atoms with Crippen LogP contribution in [-0.4, -0.2) is 21.9 Å². The number of hydrogen-bond acceptors (Lipinski definition) is 5. The molecule has 2 aromatic heterocycles. The lowest BCUT2D eigenvalue weighted by Crippen LogP contribution is -2.03. The number of ether oxygens (including phenoxy) is 1. The first-order chi connectivity index (χ1) is 14.1. The van der Waals surface area contributed by atoms with Gasteiger partial charge in [0.2, 0.25) is 0 Å². The number of nitrogens with zero attached hydrogens (tertiary/aromatic N) is 3. The summed E-state index contributed by atoms with van der Waals surface area (Å²) in [6, 6.07) is 18.3. The summed E-state index contributed by atoms with van der Waals surface area (Å²) in [6.07, 6.45) is 1.69. The van der Waals surface area contributed by atoms with Crippen molar-refractivity contribution in [2.45, 2.75) is 31.3 Å². The van der Waals surface area contributed by atoms with Crippen LogP contribution in [0.3, 0.4) is 0 Å². The summed E-state index contributed by atoms with van der Waals surface area (Å²) in [7, 11) is 1.66. The van der Waals surface area contributed by atoms with E-state index in [9.17, 15) is 0 Å². The molecule has 4 aromatic rings. The van der Waals surface area contributed by atoms with Crippen molar-refractivity contribution in [3.8, 4) is 17.1 Å². The first-order valence-electron chi connectivity index (χ1n) is 9.43. The molecule has 0 fully saturated rings. The molecule has 2 aromatic carbocycles. The third-order valence-corrected chi connectivity index (χ3v) is 5.84. The fraction of sp³-hybridized carbons (Fsp3) is 0.217. The Kier molecular flexibility index (Phi) is 5.71. The third-order valence-electron chi connectivity index (χ3n) is 4.82. The molecule has 0 atom stereocenters. The van der Waals surface area contributed by atoms with Gasteiger partial charge in [0.05, 0.1) is 19.9 Å². The van der Waals surface area contributed by atoms with Crippen LogP contribution in [0.5, 0.6) is 5.75 Å². The smallest absolute Gasteiger partial charge is 0.192 e. The minimum Gasteiger partial charge on any atom is -0.497 e. The van der Waals surface area contributed by atoms with E-state index in [1.807, 2.05) is 36.4 Å². The standard InChI is InChI=1S/C23H23N3O2S/c1-16-6-7-17(2)19(13-16)15-29-23-25-24-22(18-8-10-20(27-3)11-9-18)26(23)14-21-5-4-12-28-21/h4-13H,14-15H2,1-3H3. The predicted octanol–water partition coefficient (Wildman–Crippen LogP) is 5.50. The number of furan rings is 1. The summed E-state index contributed by atoms with van der Waals surface area (Å²) in [6.45, 7) is 4.84. The molecule has 0 aliphatic carbocycles. The van der Waals surface area contributed by atoms with Crippen molar-refractivity contribution >= 4 is 11.8 Å². The quantitative estimate of drug-likeness (QED) is 0.380. The normalized spacial score (nSPS) is 11.0. The Hall–Kier alpha value is -2.99. The maximum Gasteiger partial charge on any atom is 0.192 e. The summed E-state index contributed by atoms with van der Waals surface area (Å²) in [5.74, 6) is 3.34. The first kappa shape index (κ1) is 19.3. The summed E-state index contributed by atoms with van der Waals surface area (Å²) in [4.78, 5) is 0. The lowest BCUT2D eigenvalue weighted by molar-refractivity contribution is 0.415. The Bertz CT molecular complexity index is 1090. The molecule has 0 aliphatic rings. The van der Waals surface area contributed by atoms with E-state index in [0.29, 0.717) is 6.54 Å². The van der Waals surface area contributed by atoms with Crippen molar-refractivity contribution < 1.29 is 9.15 Å². The Morgan fingerprint density at radius 1 is 1.03 bits per heavy atom. The number of methoxy groups -OCH3 is 1. The fourth-order valence-electron chi connectivity index (χ4n) is 3.15. The highest BCUT2D eigenvalue weighted by Gasteiger charge is 2.16. The van der Waals surface area contributed by atoms with Crippen LogP contribution in [0.15, 0.2) is 70.4 Å². The topological polar surface area (TPSA) is 53.1 Å². The minimum atomic E-state index is 0.580. The number of aryl methyl sites for hydroxylation is 2. The van der Waals surface area contributed by atoms with Crippen molar-refractivity contribution in [3.63, 3.8) is 0 Å². The van der Waals surface area contributed by atoms with E-state index in [2.05, 4.69) is 46.8 Å². The van der Waals surface area contributed by atoms with Gasteiger partial charge in [-0.25, -0.2) is 0 Å². The molecule has 2 heterocycles. The molecule has 0 spiro atoms. The highest BCUT2D eigenvalue weighted by Crippen LogP contribution is 2.29. The van der Waals surface area contributed by atoms with Crippen molar-refractivity contribution in [1.29, 1.82) is 0 Å². The van der Waals surface area contributed by atoms with Gasteiger partial charge in [-0.05, 0) is 61.4 Å². The summed E-state index contributed by atoms with van der Waals surface area (Å²) in [5.41, 5.74) is 4.86. The zero-order chi connectivity index (χ0) is 20.2. The molecule has 0 N–H and O–H groups in total. The van der Waals surface area contributed by atoms with Gasteiger partial charge >= 0.3 is 0 Å². The second-order valence-corrected chi connectivity index (χ2v) is 7.86. The van der Waals surface area contributed by atoms with Crippen molar-refractivity contribution in [3.05, 3.63) is 83.3 Å². The van der Waals surface area contributed by atoms with Gasteiger partial charge in [0.1, 0.15) is 11.5 Å². The predicted molar refractivity (Wildman–Crippen MR) is 115 cm³/mol. The molecule has 29 heavy (non-hydrogen) atoms. The molecule has 0 aliphatic heterocycles. The Balaban J connectivity index is 1.65. The van der Waals surface area contributed by atoms with Gasteiger partial charge in [0.25, 0.3) is 0 Å². The minimum absolute atomic E-state index is 0.580. The molecule has 0 amide bonds. The van der Waals surface area contributed by atoms with E-state index < -0.39 is 0 Å². The molecule has 0 saturated heterocycles. The molecule has 4 rings (SSSR count). The van der Waals surface area contributed by atoms with Gasteiger partial charge in [0.15, 0.2) is 11.0 Å². The molecule has 5 nitrogen and oxygen atoms in total. The zero-order valence-electron chi connectivity index (χ0n) is 16.8. The van der Waals surface area contributed by atoms with Gasteiger partial charge < -0.3 is 9.15 Å². The van der Waals surface area contributed by atoms with Gasteiger partial charge in [-0.2, -0.15) is 0 Å². The van der Waals surface area contributed by atoms with E-state index in [0.717, 1.165) is 33.8 Å². The molecule has 0 radical (unpaired) electrons. The molecule has 0 unspecified atom stereocenters. The summed E-state index contributed by atoms with van der Waals surface area (Å²) in [5, 5.41) is 9.84. The lowest BCUT2D eigenvalue weighted by Gasteiger charge is -2.10. The Morgan fingerprint density at radius 3 is 2.59 bits per heavy atom. The molecule has 6 heteroatoms. The second kappa shape index (κ2) is 8.57. The molecular formula is C23H23N3O2S. The first-order valence-corrected chi connectivity index (χ1v) is 10.4. The highest BCUT2D eigenvalue weighted by molar-refractivity contribution is 7.98. The van der Waals surface area contributed by atoms with Crippen LogP contribution in [0.25, 0.3) is 11.4 Å². The SMILES string of the molecule is COc1ccc(-c2nnc(SCc3cc(C)ccc3C)n2Cc2ccco2)cc1. The number of benzene rings is 2. The fourth-order valence-corrected chi connectivity index (χ4v) is 4.15. The van der Waals surface area contributed by atoms with Crippen LogP contribution in [-0.2, 0) is 12.3 Å². The van der Waals surface area contributed by atoms with E-state index >= 15 is 0 Å². The number of hydrogen-bond donors (Lipinski definition) is 0. The molecular weight excluding hydrogens is 382 g/mol. The van der Waals surface area contributed by atoms with E-state index in [4.69, 9.17) is 9.15 Å². The van der Waals surface area contributed by atoms with Crippen molar-refractivity contribution in [2.75, 3.05) is 7.11 Å². The van der Waals surface area contributed by atoms with Crippen molar-refractivity contribution in [1.82, 2.24) is 14.8 Å². The van der Waals surface area contributed by atoms with Gasteiger partial charge in [0, 0.05) is 11.3 Å². The van der Waals surface area contributed by atoms with E-state index in [1.165, 1.54) is 16.7 Å². The van der Waals surface area contributed by atoms with E-state index in [1.54, 1.807) is 25.1 Å². The van der Waals surface area contributed by atoms with Crippen LogP contribution in [0.1, 0.15) is 22.5 Å². The maximum atomic E-state index is 5.58. The monoisotopic (exact) mass is 405 g/mol. The molecule has 0 bridgehead atoms. The Morgan fingerprint density at radius 2 is 1.86 bits per heavy atom. The van der Waals surface area contributed by atoms with Crippen LogP contribution < -0.4 is 4.74 Å². The van der Waals surface area contributed by atoms with Crippen molar-refractivity contribution in [2.24, 2.45) is 0 Å². The lowest BCUT2D eigenvalue weighted by atomic mass is 10.1. The highest BCUT2D eigenvalue weighted by atomic mass is 32.2. The largest absolute Gasteiger partial charge is 0.497 e. The van der Waals surface area contributed by atoms with Crippen LogP contribution in [0.4, 0.5) is 0 Å². The summed E-state index contributed by atoms with van der Waals surface area (Å²) < 4.78 is 13.0. The number of rotatable bonds is 7. The van der Waals surface area contributed by atoms with Crippen LogP contribution >= 0.6 is 11.8 Å². The maximum absolute atomic E-state index is 5.58. The van der Waals surface area contributed by atoms with Crippen LogP contribution in [0, 0.1) is 13.8 Å². The number of thioether (sulfide) groups is 1. The molecule has 0 saturated carbocycles. The average Bonchev–Trinajstić information content (AvgIpc) is 3.39. The summed E-state index contributed by atoms with van der Waals surface area (Å²) >= 11 is 1.69. The van der Waals surface area contributed by atoms with Gasteiger partial charge in [-0.15, -0.1) is 10.2 Å².